The van der Waals surface area contributed by atoms with Crippen LogP contribution in [0.15, 0.2) is 30.7 Å². The van der Waals surface area contributed by atoms with Crippen molar-refractivity contribution >= 4 is 5.69 Å². The molecular weight excluding hydrogens is 205 g/mol. The van der Waals surface area contributed by atoms with Gasteiger partial charge >= 0.3 is 0 Å². The van der Waals surface area contributed by atoms with Gasteiger partial charge in [-0.3, -0.25) is 0 Å². The van der Waals surface area contributed by atoms with Gasteiger partial charge in [0, 0.05) is 0 Å². The Balaban J connectivity index is 0.000000606. The Morgan fingerprint density at radius 2 is 2.06 bits per heavy atom. The summed E-state index contributed by atoms with van der Waals surface area (Å²) in [6, 6.07) is 5.02. The molecule has 1 aromatic rings. The van der Waals surface area contributed by atoms with Crippen molar-refractivity contribution in [2.75, 3.05) is 18.1 Å². The molecule has 1 fully saturated rings. The normalized spacial score (nSPS) is 14.2. The van der Waals surface area contributed by atoms with Crippen molar-refractivity contribution in [2.24, 2.45) is 0 Å². The Morgan fingerprint density at radius 1 is 1.38 bits per heavy atom. The summed E-state index contributed by atoms with van der Waals surface area (Å²) in [5.74, 6) is 0.289. The van der Waals surface area contributed by atoms with Crippen molar-refractivity contribution in [3.63, 3.8) is 0 Å². The first-order valence-electron chi connectivity index (χ1n) is 5.54. The van der Waals surface area contributed by atoms with E-state index in [2.05, 4.69) is 6.58 Å². The summed E-state index contributed by atoms with van der Waals surface area (Å²) < 4.78 is 18.6. The fourth-order valence-corrected chi connectivity index (χ4v) is 1.54. The SMILES string of the molecule is C=C1OCCN1c1cc(C)ccc1F.CC. The Bertz CT molecular complexity index is 376. The van der Waals surface area contributed by atoms with E-state index in [0.717, 1.165) is 5.56 Å². The molecule has 0 unspecified atom stereocenters. The number of hydrogen-bond acceptors (Lipinski definition) is 2. The van der Waals surface area contributed by atoms with Gasteiger partial charge in [0.15, 0.2) is 5.88 Å². The first-order valence-corrected chi connectivity index (χ1v) is 5.54. The van der Waals surface area contributed by atoms with E-state index >= 15 is 0 Å². The van der Waals surface area contributed by atoms with Crippen molar-refractivity contribution in [3.8, 4) is 0 Å². The summed E-state index contributed by atoms with van der Waals surface area (Å²) in [7, 11) is 0. The summed E-state index contributed by atoms with van der Waals surface area (Å²) in [5, 5.41) is 0. The molecule has 1 aliphatic rings. The zero-order chi connectivity index (χ0) is 12.1. The number of benzene rings is 1. The van der Waals surface area contributed by atoms with Gasteiger partial charge in [-0.15, -0.1) is 0 Å². The van der Waals surface area contributed by atoms with Crippen LogP contribution in [0.25, 0.3) is 0 Å². The molecule has 0 aromatic heterocycles. The summed E-state index contributed by atoms with van der Waals surface area (Å²) in [6.07, 6.45) is 0. The van der Waals surface area contributed by atoms with Crippen LogP contribution < -0.4 is 4.90 Å². The average molecular weight is 223 g/mol. The van der Waals surface area contributed by atoms with Crippen LogP contribution in [0.4, 0.5) is 10.1 Å². The smallest absolute Gasteiger partial charge is 0.186 e. The first-order chi connectivity index (χ1) is 7.68. The van der Waals surface area contributed by atoms with Crippen molar-refractivity contribution in [1.82, 2.24) is 0 Å². The van der Waals surface area contributed by atoms with Crippen molar-refractivity contribution in [3.05, 3.63) is 42.0 Å². The maximum atomic E-state index is 13.5. The van der Waals surface area contributed by atoms with E-state index in [1.807, 2.05) is 20.8 Å². The average Bonchev–Trinajstić information content (AvgIpc) is 2.71. The fraction of sp³-hybridized carbons (Fsp3) is 0.385. The number of hydrogen-bond donors (Lipinski definition) is 0. The third-order valence-corrected chi connectivity index (χ3v) is 2.28. The molecule has 0 N–H and O–H groups in total. The molecule has 1 aromatic carbocycles. The molecule has 3 heteroatoms. The van der Waals surface area contributed by atoms with Crippen LogP contribution in [0.1, 0.15) is 19.4 Å². The lowest BCUT2D eigenvalue weighted by atomic mass is 10.2. The minimum atomic E-state index is -0.234. The van der Waals surface area contributed by atoms with Gasteiger partial charge in [0.2, 0.25) is 0 Å². The highest BCUT2D eigenvalue weighted by Crippen LogP contribution is 2.26. The van der Waals surface area contributed by atoms with E-state index in [9.17, 15) is 4.39 Å². The topological polar surface area (TPSA) is 12.5 Å². The van der Waals surface area contributed by atoms with Crippen molar-refractivity contribution in [2.45, 2.75) is 20.8 Å². The third-order valence-electron chi connectivity index (χ3n) is 2.28. The monoisotopic (exact) mass is 223 g/mol. The van der Waals surface area contributed by atoms with Crippen LogP contribution in [0.3, 0.4) is 0 Å². The van der Waals surface area contributed by atoms with Crippen LogP contribution >= 0.6 is 0 Å². The third kappa shape index (κ3) is 2.54. The number of nitrogens with zero attached hydrogens (tertiary/aromatic N) is 1. The van der Waals surface area contributed by atoms with E-state index < -0.39 is 0 Å². The highest BCUT2D eigenvalue weighted by atomic mass is 19.1. The largest absolute Gasteiger partial charge is 0.477 e. The molecule has 0 saturated carbocycles. The number of rotatable bonds is 1. The number of halogens is 1. The quantitative estimate of drug-likeness (QED) is 0.722. The Kier molecular flexibility index (Phi) is 4.35. The summed E-state index contributed by atoms with van der Waals surface area (Å²) >= 11 is 0. The lowest BCUT2D eigenvalue weighted by Crippen LogP contribution is -2.17. The maximum Gasteiger partial charge on any atom is 0.186 e. The van der Waals surface area contributed by atoms with Crippen molar-refractivity contribution < 1.29 is 9.13 Å². The number of anilines is 1. The van der Waals surface area contributed by atoms with Gasteiger partial charge in [0.05, 0.1) is 12.2 Å². The maximum absolute atomic E-state index is 13.5. The Labute approximate surface area is 96.3 Å². The van der Waals surface area contributed by atoms with Gasteiger partial charge in [0.25, 0.3) is 0 Å². The van der Waals surface area contributed by atoms with Gasteiger partial charge in [-0.1, -0.05) is 19.9 Å². The fourth-order valence-electron chi connectivity index (χ4n) is 1.54. The molecule has 0 aliphatic carbocycles. The lowest BCUT2D eigenvalue weighted by molar-refractivity contribution is 0.270. The highest BCUT2D eigenvalue weighted by Gasteiger charge is 2.20. The van der Waals surface area contributed by atoms with E-state index in [4.69, 9.17) is 4.74 Å². The van der Waals surface area contributed by atoms with Crippen LogP contribution in [0.2, 0.25) is 0 Å². The minimum absolute atomic E-state index is 0.234. The predicted molar refractivity (Wildman–Crippen MR) is 64.9 cm³/mol. The van der Waals surface area contributed by atoms with Crippen LogP contribution in [-0.4, -0.2) is 13.2 Å². The molecule has 0 bridgehead atoms. The molecule has 0 radical (unpaired) electrons. The van der Waals surface area contributed by atoms with Crippen molar-refractivity contribution in [1.29, 1.82) is 0 Å². The first kappa shape index (κ1) is 12.6. The second-order valence-corrected chi connectivity index (χ2v) is 3.35. The van der Waals surface area contributed by atoms with E-state index in [1.165, 1.54) is 6.07 Å². The Morgan fingerprint density at radius 3 is 2.62 bits per heavy atom. The molecule has 0 amide bonds. The molecule has 1 saturated heterocycles. The van der Waals surface area contributed by atoms with E-state index in [0.29, 0.717) is 24.7 Å². The molecule has 1 aliphatic heterocycles. The van der Waals surface area contributed by atoms with E-state index in [1.54, 1.807) is 17.0 Å². The van der Waals surface area contributed by atoms with Crippen LogP contribution in [-0.2, 0) is 4.74 Å². The summed E-state index contributed by atoms with van der Waals surface area (Å²) in [4.78, 5) is 1.75. The minimum Gasteiger partial charge on any atom is -0.477 e. The second kappa shape index (κ2) is 5.54. The van der Waals surface area contributed by atoms with Gasteiger partial charge in [-0.25, -0.2) is 4.39 Å². The van der Waals surface area contributed by atoms with Gasteiger partial charge in [-0.2, -0.15) is 0 Å². The molecule has 1 heterocycles. The van der Waals surface area contributed by atoms with Gasteiger partial charge < -0.3 is 9.64 Å². The molecular formula is C13H18FNO. The molecule has 0 atom stereocenters. The molecule has 2 rings (SSSR count). The molecule has 0 spiro atoms. The van der Waals surface area contributed by atoms with Crippen LogP contribution in [0.5, 0.6) is 0 Å². The summed E-state index contributed by atoms with van der Waals surface area (Å²) in [6.45, 7) is 10.9. The lowest BCUT2D eigenvalue weighted by Gasteiger charge is -2.17. The van der Waals surface area contributed by atoms with Gasteiger partial charge in [0.1, 0.15) is 12.4 Å². The number of ether oxygens (including phenoxy) is 1. The molecule has 16 heavy (non-hydrogen) atoms. The zero-order valence-electron chi connectivity index (χ0n) is 10.1. The zero-order valence-corrected chi connectivity index (χ0v) is 10.1. The number of aryl methyl sites for hydroxylation is 1. The Hall–Kier alpha value is -1.51. The summed E-state index contributed by atoms with van der Waals surface area (Å²) in [5.41, 5.74) is 1.58. The standard InChI is InChI=1S/C11H12FNO.C2H6/c1-8-3-4-10(12)11(7-8)13-5-6-14-9(13)2;1-2/h3-4,7H,2,5-6H2,1H3;1-2H3. The molecule has 88 valence electrons. The predicted octanol–water partition coefficient (Wildman–Crippen LogP) is 3.47. The van der Waals surface area contributed by atoms with E-state index in [-0.39, 0.29) is 5.82 Å². The van der Waals surface area contributed by atoms with Crippen LogP contribution in [0, 0.1) is 12.7 Å². The molecule has 2 nitrogen and oxygen atoms in total. The highest BCUT2D eigenvalue weighted by molar-refractivity contribution is 5.54. The van der Waals surface area contributed by atoms with Gasteiger partial charge in [-0.05, 0) is 31.2 Å². The second-order valence-electron chi connectivity index (χ2n) is 3.35.